The molecule has 0 unspecified atom stereocenters. The molecule has 24 heavy (non-hydrogen) atoms. The van der Waals surface area contributed by atoms with Gasteiger partial charge in [-0.25, -0.2) is 9.97 Å². The highest BCUT2D eigenvalue weighted by atomic mass is 35.5. The van der Waals surface area contributed by atoms with E-state index in [0.717, 1.165) is 16.3 Å². The van der Waals surface area contributed by atoms with E-state index in [1.54, 1.807) is 6.07 Å². The van der Waals surface area contributed by atoms with E-state index in [2.05, 4.69) is 40.7 Å². The topological polar surface area (TPSA) is 63.8 Å². The lowest BCUT2D eigenvalue weighted by Crippen LogP contribution is -1.97. The number of hydrogen-bond donors (Lipinski definition) is 2. The number of anilines is 2. The average molecular weight is 357 g/mol. The van der Waals surface area contributed by atoms with Crippen molar-refractivity contribution in [2.24, 2.45) is 0 Å². The van der Waals surface area contributed by atoms with Crippen LogP contribution in [0.5, 0.6) is 0 Å². The summed E-state index contributed by atoms with van der Waals surface area (Å²) in [5, 5.41) is 1.31. The third-order valence-corrected chi connectivity index (χ3v) is 4.62. The van der Waals surface area contributed by atoms with Gasteiger partial charge in [0.25, 0.3) is 0 Å². The maximum atomic E-state index is 6.28. The van der Waals surface area contributed by atoms with Crippen LogP contribution >= 0.6 is 23.5 Å². The standard InChI is InChI=1S/C18H17ClN4S/c1-11-5-3-6-12(2)17(11)14-10-9-13(19)18(21-14)23-24-16-8-4-7-15(20)22-16/h3-10H,1-2H3,(H2,20,22)(H,21,23). The van der Waals surface area contributed by atoms with Crippen molar-refractivity contribution in [3.05, 3.63) is 64.7 Å². The van der Waals surface area contributed by atoms with Gasteiger partial charge in [0.1, 0.15) is 10.8 Å². The van der Waals surface area contributed by atoms with Crippen LogP contribution in [0.4, 0.5) is 11.6 Å². The quantitative estimate of drug-likeness (QED) is 0.635. The van der Waals surface area contributed by atoms with Gasteiger partial charge in [-0.05, 0) is 49.2 Å². The predicted octanol–water partition coefficient (Wildman–Crippen LogP) is 5.12. The molecular weight excluding hydrogens is 340 g/mol. The van der Waals surface area contributed by atoms with E-state index in [9.17, 15) is 0 Å². The number of hydrogen-bond acceptors (Lipinski definition) is 5. The smallest absolute Gasteiger partial charge is 0.155 e. The predicted molar refractivity (Wildman–Crippen MR) is 102 cm³/mol. The lowest BCUT2D eigenvalue weighted by Gasteiger charge is -2.12. The highest BCUT2D eigenvalue weighted by molar-refractivity contribution is 8.00. The Bertz CT molecular complexity index is 862. The molecule has 0 aliphatic rings. The van der Waals surface area contributed by atoms with Crippen LogP contribution in [0.25, 0.3) is 11.3 Å². The van der Waals surface area contributed by atoms with E-state index in [4.69, 9.17) is 17.3 Å². The fourth-order valence-corrected chi connectivity index (χ4v) is 3.32. The second-order valence-corrected chi connectivity index (χ2v) is 6.63. The first kappa shape index (κ1) is 16.6. The molecule has 3 rings (SSSR count). The lowest BCUT2D eigenvalue weighted by molar-refractivity contribution is 1.15. The molecule has 0 bridgehead atoms. The molecule has 0 saturated carbocycles. The minimum Gasteiger partial charge on any atom is -0.384 e. The first-order chi connectivity index (χ1) is 11.5. The number of rotatable bonds is 4. The van der Waals surface area contributed by atoms with Gasteiger partial charge in [0.15, 0.2) is 5.82 Å². The number of nitrogens with zero attached hydrogens (tertiary/aromatic N) is 2. The summed E-state index contributed by atoms with van der Waals surface area (Å²) < 4.78 is 3.16. The number of aromatic nitrogens is 2. The number of pyridine rings is 2. The van der Waals surface area contributed by atoms with Crippen LogP contribution < -0.4 is 10.5 Å². The fourth-order valence-electron chi connectivity index (χ4n) is 2.46. The largest absolute Gasteiger partial charge is 0.384 e. The molecule has 0 spiro atoms. The molecular formula is C18H17ClN4S. The van der Waals surface area contributed by atoms with Crippen molar-refractivity contribution in [1.29, 1.82) is 0 Å². The van der Waals surface area contributed by atoms with E-state index in [-0.39, 0.29) is 0 Å². The van der Waals surface area contributed by atoms with Crippen molar-refractivity contribution in [3.63, 3.8) is 0 Å². The number of nitrogens with two attached hydrogens (primary N) is 1. The molecule has 0 saturated heterocycles. The van der Waals surface area contributed by atoms with E-state index < -0.39 is 0 Å². The third-order valence-electron chi connectivity index (χ3n) is 3.58. The van der Waals surface area contributed by atoms with Crippen LogP contribution in [0.1, 0.15) is 11.1 Å². The van der Waals surface area contributed by atoms with Crippen molar-refractivity contribution < 1.29 is 0 Å². The Morgan fingerprint density at radius 3 is 2.38 bits per heavy atom. The minimum absolute atomic E-state index is 0.477. The van der Waals surface area contributed by atoms with Crippen LogP contribution in [-0.2, 0) is 0 Å². The van der Waals surface area contributed by atoms with Gasteiger partial charge in [-0.2, -0.15) is 0 Å². The summed E-state index contributed by atoms with van der Waals surface area (Å²) in [6.45, 7) is 4.16. The molecule has 3 aromatic rings. The van der Waals surface area contributed by atoms with Gasteiger partial charge in [0, 0.05) is 17.5 Å². The molecule has 1 aromatic carbocycles. The van der Waals surface area contributed by atoms with Crippen molar-refractivity contribution >= 4 is 35.2 Å². The number of aryl methyl sites for hydroxylation is 2. The summed E-state index contributed by atoms with van der Waals surface area (Å²) in [6, 6.07) is 15.5. The van der Waals surface area contributed by atoms with Crippen LogP contribution in [0.3, 0.4) is 0 Å². The summed E-state index contributed by atoms with van der Waals surface area (Å²) in [7, 11) is 0. The number of halogens is 1. The van der Waals surface area contributed by atoms with Crippen LogP contribution in [0.2, 0.25) is 5.02 Å². The number of benzene rings is 1. The first-order valence-corrected chi connectivity index (χ1v) is 8.62. The minimum atomic E-state index is 0.477. The third kappa shape index (κ3) is 3.63. The molecule has 4 nitrogen and oxygen atoms in total. The molecule has 2 aromatic heterocycles. The molecule has 2 heterocycles. The van der Waals surface area contributed by atoms with Gasteiger partial charge in [0.2, 0.25) is 0 Å². The molecule has 0 atom stereocenters. The Hall–Kier alpha value is -2.24. The second kappa shape index (κ2) is 7.11. The SMILES string of the molecule is Cc1cccc(C)c1-c1ccc(Cl)c(NSc2cccc(N)n2)n1. The summed E-state index contributed by atoms with van der Waals surface area (Å²) in [4.78, 5) is 8.91. The number of nitrogen functional groups attached to an aromatic ring is 1. The van der Waals surface area contributed by atoms with Gasteiger partial charge in [-0.15, -0.1) is 0 Å². The molecule has 6 heteroatoms. The van der Waals surface area contributed by atoms with Gasteiger partial charge in [-0.1, -0.05) is 35.9 Å². The molecule has 0 aliphatic heterocycles. The van der Waals surface area contributed by atoms with Crippen molar-refractivity contribution in [1.82, 2.24) is 9.97 Å². The Labute approximate surface area is 150 Å². The molecule has 0 fully saturated rings. The molecule has 0 aliphatic carbocycles. The maximum Gasteiger partial charge on any atom is 0.155 e. The van der Waals surface area contributed by atoms with Crippen molar-refractivity contribution in [3.8, 4) is 11.3 Å². The van der Waals surface area contributed by atoms with Crippen LogP contribution in [0.15, 0.2) is 53.6 Å². The van der Waals surface area contributed by atoms with Crippen LogP contribution in [0, 0.1) is 13.8 Å². The molecule has 3 N–H and O–H groups in total. The van der Waals surface area contributed by atoms with E-state index in [1.807, 2.05) is 30.3 Å². The van der Waals surface area contributed by atoms with Gasteiger partial charge < -0.3 is 10.5 Å². The summed E-state index contributed by atoms with van der Waals surface area (Å²) in [5.74, 6) is 1.08. The zero-order valence-electron chi connectivity index (χ0n) is 13.4. The normalized spacial score (nSPS) is 10.6. The lowest BCUT2D eigenvalue weighted by atomic mass is 10.00. The highest BCUT2D eigenvalue weighted by Gasteiger charge is 2.10. The Balaban J connectivity index is 1.89. The monoisotopic (exact) mass is 356 g/mol. The Morgan fingerprint density at radius 1 is 0.958 bits per heavy atom. The van der Waals surface area contributed by atoms with Crippen molar-refractivity contribution in [2.75, 3.05) is 10.5 Å². The van der Waals surface area contributed by atoms with E-state index in [0.29, 0.717) is 16.7 Å². The van der Waals surface area contributed by atoms with Crippen LogP contribution in [-0.4, -0.2) is 9.97 Å². The zero-order chi connectivity index (χ0) is 17.1. The molecule has 0 radical (unpaired) electrons. The summed E-state index contributed by atoms with van der Waals surface area (Å²) in [6.07, 6.45) is 0. The summed E-state index contributed by atoms with van der Waals surface area (Å²) >= 11 is 7.60. The second-order valence-electron chi connectivity index (χ2n) is 5.40. The number of nitrogens with one attached hydrogen (secondary N) is 1. The van der Waals surface area contributed by atoms with Crippen molar-refractivity contribution in [2.45, 2.75) is 18.9 Å². The maximum absolute atomic E-state index is 6.28. The van der Waals surface area contributed by atoms with Gasteiger partial charge >= 0.3 is 0 Å². The van der Waals surface area contributed by atoms with Gasteiger partial charge in [0.05, 0.1) is 10.7 Å². The zero-order valence-corrected chi connectivity index (χ0v) is 14.9. The summed E-state index contributed by atoms with van der Waals surface area (Å²) in [5.41, 5.74) is 10.1. The molecule has 0 amide bonds. The van der Waals surface area contributed by atoms with E-state index >= 15 is 0 Å². The Morgan fingerprint density at radius 2 is 1.67 bits per heavy atom. The molecule has 122 valence electrons. The Kier molecular flexibility index (Phi) is 4.92. The van der Waals surface area contributed by atoms with E-state index in [1.165, 1.54) is 23.1 Å². The average Bonchev–Trinajstić information content (AvgIpc) is 2.55. The fraction of sp³-hybridized carbons (Fsp3) is 0.111. The highest BCUT2D eigenvalue weighted by Crippen LogP contribution is 2.31. The first-order valence-electron chi connectivity index (χ1n) is 7.43. The van der Waals surface area contributed by atoms with Gasteiger partial charge in [-0.3, -0.25) is 0 Å².